The predicted octanol–water partition coefficient (Wildman–Crippen LogP) is 2.89. The molecule has 0 saturated carbocycles. The van der Waals surface area contributed by atoms with Crippen LogP contribution >= 0.6 is 11.9 Å². The van der Waals surface area contributed by atoms with Gasteiger partial charge in [0.2, 0.25) is 0 Å². The van der Waals surface area contributed by atoms with Crippen LogP contribution in [0, 0.1) is 0 Å². The molecule has 0 fully saturated rings. The van der Waals surface area contributed by atoms with Crippen LogP contribution < -0.4 is 4.72 Å². The van der Waals surface area contributed by atoms with Gasteiger partial charge in [-0.2, -0.15) is 0 Å². The molecule has 0 saturated heterocycles. The first-order valence-corrected chi connectivity index (χ1v) is 4.58. The monoisotopic (exact) mass is 169 g/mol. The highest BCUT2D eigenvalue weighted by Gasteiger charge is 2.07. The van der Waals surface area contributed by atoms with Crippen molar-refractivity contribution in [3.8, 4) is 0 Å². The third-order valence-corrected chi connectivity index (χ3v) is 2.13. The van der Waals surface area contributed by atoms with E-state index in [4.69, 9.17) is 0 Å². The van der Waals surface area contributed by atoms with Crippen molar-refractivity contribution in [1.82, 2.24) is 4.72 Å². The fourth-order valence-electron chi connectivity index (χ4n) is 0.690. The van der Waals surface area contributed by atoms with Gasteiger partial charge in [-0.15, -0.1) is 0 Å². The summed E-state index contributed by atoms with van der Waals surface area (Å²) in [5.41, 5.74) is 1.25. The van der Waals surface area contributed by atoms with E-state index < -0.39 is 0 Å². The quantitative estimate of drug-likeness (QED) is 0.638. The highest BCUT2D eigenvalue weighted by atomic mass is 32.2. The van der Waals surface area contributed by atoms with E-state index in [0.29, 0.717) is 0 Å². The van der Waals surface area contributed by atoms with E-state index in [1.54, 1.807) is 11.9 Å². The van der Waals surface area contributed by atoms with Crippen molar-refractivity contribution in [3.63, 3.8) is 0 Å². The Morgan fingerprint density at radius 1 is 1.36 bits per heavy atom. The first kappa shape index (κ1) is 10.5. The normalized spacial score (nSPS) is 15.5. The maximum atomic E-state index is 3.68. The largest absolute Gasteiger partial charge is 0.255 e. The van der Waals surface area contributed by atoms with Gasteiger partial charge in [-0.25, -0.2) is 0 Å². The molecule has 0 radical (unpaired) electrons. The standard InChI is InChI=1S/C7H9NS.C2H6/c1-3-6-5-8-9-7(6)4-2;1-2/h3-4,8H,1-2,5H2;1-2H3. The predicted molar refractivity (Wildman–Crippen MR) is 54.4 cm³/mol. The molecule has 0 aromatic heterocycles. The van der Waals surface area contributed by atoms with E-state index in [1.807, 2.05) is 26.0 Å². The lowest BCUT2D eigenvalue weighted by Crippen LogP contribution is -1.97. The van der Waals surface area contributed by atoms with E-state index in [-0.39, 0.29) is 0 Å². The Balaban J connectivity index is 0.000000461. The molecular formula is C9H15NS. The summed E-state index contributed by atoms with van der Waals surface area (Å²) in [7, 11) is 0. The molecule has 0 bridgehead atoms. The summed E-state index contributed by atoms with van der Waals surface area (Å²) in [5, 5.41) is 0. The summed E-state index contributed by atoms with van der Waals surface area (Å²) in [5.74, 6) is 0. The highest BCUT2D eigenvalue weighted by Crippen LogP contribution is 2.24. The van der Waals surface area contributed by atoms with Gasteiger partial charge < -0.3 is 0 Å². The first-order chi connectivity index (χ1) is 5.38. The van der Waals surface area contributed by atoms with Crippen LogP contribution in [0.4, 0.5) is 0 Å². The van der Waals surface area contributed by atoms with Gasteiger partial charge in [0, 0.05) is 11.4 Å². The van der Waals surface area contributed by atoms with Crippen LogP contribution in [0.5, 0.6) is 0 Å². The molecule has 0 aliphatic carbocycles. The molecule has 0 spiro atoms. The molecule has 1 aliphatic rings. The lowest BCUT2D eigenvalue weighted by Gasteiger charge is -1.88. The van der Waals surface area contributed by atoms with Crippen molar-refractivity contribution >= 4 is 11.9 Å². The molecule has 0 aromatic rings. The second-order valence-electron chi connectivity index (χ2n) is 1.72. The third-order valence-electron chi connectivity index (χ3n) is 1.19. The Morgan fingerprint density at radius 2 is 2.00 bits per heavy atom. The van der Waals surface area contributed by atoms with Crippen molar-refractivity contribution in [2.45, 2.75) is 13.8 Å². The second-order valence-corrected chi connectivity index (χ2v) is 2.65. The summed E-state index contributed by atoms with van der Waals surface area (Å²) >= 11 is 1.62. The fourth-order valence-corrected chi connectivity index (χ4v) is 1.44. The van der Waals surface area contributed by atoms with E-state index in [2.05, 4.69) is 17.9 Å². The van der Waals surface area contributed by atoms with Gasteiger partial charge in [0.25, 0.3) is 0 Å². The lowest BCUT2D eigenvalue weighted by atomic mass is 10.2. The van der Waals surface area contributed by atoms with E-state index in [0.717, 1.165) is 6.54 Å². The first-order valence-electron chi connectivity index (χ1n) is 3.76. The maximum absolute atomic E-state index is 3.68. The van der Waals surface area contributed by atoms with E-state index in [9.17, 15) is 0 Å². The van der Waals surface area contributed by atoms with E-state index in [1.165, 1.54) is 10.5 Å². The van der Waals surface area contributed by atoms with Crippen molar-refractivity contribution in [2.24, 2.45) is 0 Å². The van der Waals surface area contributed by atoms with Crippen LogP contribution in [-0.4, -0.2) is 6.54 Å². The van der Waals surface area contributed by atoms with Gasteiger partial charge in [-0.3, -0.25) is 4.72 Å². The minimum atomic E-state index is 0.912. The highest BCUT2D eigenvalue weighted by molar-refractivity contribution is 8.01. The zero-order valence-electron chi connectivity index (χ0n) is 7.18. The number of rotatable bonds is 2. The van der Waals surface area contributed by atoms with Gasteiger partial charge in [0.15, 0.2) is 0 Å². The molecule has 11 heavy (non-hydrogen) atoms. The molecule has 62 valence electrons. The van der Waals surface area contributed by atoms with Crippen LogP contribution in [-0.2, 0) is 0 Å². The van der Waals surface area contributed by atoms with Gasteiger partial charge >= 0.3 is 0 Å². The summed E-state index contributed by atoms with van der Waals surface area (Å²) in [6.45, 7) is 12.3. The molecular weight excluding hydrogens is 154 g/mol. The van der Waals surface area contributed by atoms with Crippen molar-refractivity contribution in [2.75, 3.05) is 6.54 Å². The Morgan fingerprint density at radius 3 is 2.36 bits per heavy atom. The van der Waals surface area contributed by atoms with Gasteiger partial charge in [-0.1, -0.05) is 39.2 Å². The summed E-state index contributed by atoms with van der Waals surface area (Å²) in [6.07, 6.45) is 3.71. The molecule has 1 N–H and O–H groups in total. The zero-order chi connectivity index (χ0) is 8.69. The lowest BCUT2D eigenvalue weighted by molar-refractivity contribution is 1.11. The van der Waals surface area contributed by atoms with Crippen molar-refractivity contribution < 1.29 is 0 Å². The average molecular weight is 169 g/mol. The SMILES string of the molecule is C=CC1=C(C=C)SNC1.CC. The molecule has 0 atom stereocenters. The Labute approximate surface area is 73.4 Å². The Bertz CT molecular complexity index is 152. The zero-order valence-corrected chi connectivity index (χ0v) is 8.00. The molecule has 1 heterocycles. The molecule has 1 rings (SSSR count). The molecule has 0 amide bonds. The number of hydrogen-bond acceptors (Lipinski definition) is 2. The minimum absolute atomic E-state index is 0.912. The Hall–Kier alpha value is -0.470. The molecule has 1 aliphatic heterocycles. The summed E-state index contributed by atoms with van der Waals surface area (Å²) < 4.78 is 3.12. The molecule has 0 unspecified atom stereocenters. The number of allylic oxidation sites excluding steroid dienone is 1. The van der Waals surface area contributed by atoms with Crippen LogP contribution in [0.25, 0.3) is 0 Å². The van der Waals surface area contributed by atoms with Crippen molar-refractivity contribution in [3.05, 3.63) is 35.8 Å². The maximum Gasteiger partial charge on any atom is 0.0324 e. The summed E-state index contributed by atoms with van der Waals surface area (Å²) in [4.78, 5) is 1.20. The van der Waals surface area contributed by atoms with Crippen LogP contribution in [0.3, 0.4) is 0 Å². The van der Waals surface area contributed by atoms with Crippen molar-refractivity contribution in [1.29, 1.82) is 0 Å². The molecule has 1 nitrogen and oxygen atoms in total. The van der Waals surface area contributed by atoms with Gasteiger partial charge in [0.1, 0.15) is 0 Å². The van der Waals surface area contributed by atoms with Crippen LogP contribution in [0.2, 0.25) is 0 Å². The van der Waals surface area contributed by atoms with Crippen LogP contribution in [0.1, 0.15) is 13.8 Å². The number of nitrogens with one attached hydrogen (secondary N) is 1. The second kappa shape index (κ2) is 6.25. The average Bonchev–Trinajstić information content (AvgIpc) is 2.54. The topological polar surface area (TPSA) is 12.0 Å². The van der Waals surface area contributed by atoms with Gasteiger partial charge in [0.05, 0.1) is 0 Å². The third kappa shape index (κ3) is 2.95. The fraction of sp³-hybridized carbons (Fsp3) is 0.333. The Kier molecular flexibility index (Phi) is 5.99. The van der Waals surface area contributed by atoms with Gasteiger partial charge in [-0.05, 0) is 17.5 Å². The number of hydrogen-bond donors (Lipinski definition) is 1. The molecule has 0 aromatic carbocycles. The van der Waals surface area contributed by atoms with Crippen LogP contribution in [0.15, 0.2) is 35.8 Å². The van der Waals surface area contributed by atoms with E-state index >= 15 is 0 Å². The summed E-state index contributed by atoms with van der Waals surface area (Å²) in [6, 6.07) is 0. The minimum Gasteiger partial charge on any atom is -0.255 e. The molecule has 2 heteroatoms. The smallest absolute Gasteiger partial charge is 0.0324 e.